The van der Waals surface area contributed by atoms with Crippen LogP contribution >= 0.6 is 24.1 Å². The number of nitrogens with zero attached hydrogens (tertiary/aromatic N) is 2. The highest BCUT2D eigenvalue weighted by Gasteiger charge is 2.13. The molecule has 0 atom stereocenters. The predicted molar refractivity (Wildman–Crippen MR) is 75.6 cm³/mol. The minimum atomic E-state index is 0.153. The Labute approximate surface area is 115 Å². The highest BCUT2D eigenvalue weighted by Crippen LogP contribution is 2.31. The Morgan fingerprint density at radius 2 is 1.83 bits per heavy atom. The summed E-state index contributed by atoms with van der Waals surface area (Å²) >= 11 is 1.67. The topological polar surface area (TPSA) is 17.8 Å². The van der Waals surface area contributed by atoms with Crippen LogP contribution in [0.1, 0.15) is 26.3 Å². The summed E-state index contributed by atoms with van der Waals surface area (Å²) < 4.78 is 14.0. The third-order valence-electron chi connectivity index (χ3n) is 2.59. The van der Waals surface area contributed by atoms with Gasteiger partial charge in [0.25, 0.3) is 0 Å². The second-order valence-corrected chi connectivity index (χ2v) is 6.63. The van der Waals surface area contributed by atoms with E-state index in [-0.39, 0.29) is 17.7 Å². The van der Waals surface area contributed by atoms with Crippen LogP contribution in [0.15, 0.2) is 46.7 Å². The number of hydrogen-bond donors (Lipinski definition) is 0. The number of benzene rings is 1. The molecule has 1 aromatic heterocycles. The lowest BCUT2D eigenvalue weighted by molar-refractivity contribution is 0.590. The maximum absolute atomic E-state index is 12.6. The van der Waals surface area contributed by atoms with Crippen LogP contribution in [0.25, 0.3) is 0 Å². The first-order chi connectivity index (χ1) is 8.50. The highest BCUT2D eigenvalue weighted by molar-refractivity contribution is 8.00. The third kappa shape index (κ3) is 3.09. The molecule has 0 fully saturated rings. The molecule has 2 nitrogen and oxygen atoms in total. The second-order valence-electron chi connectivity index (χ2n) is 5.00. The van der Waals surface area contributed by atoms with Gasteiger partial charge < -0.3 is 0 Å². The van der Waals surface area contributed by atoms with Crippen molar-refractivity contribution in [3.8, 4) is 0 Å². The van der Waals surface area contributed by atoms with Gasteiger partial charge in [0.05, 0.1) is 6.20 Å². The molecule has 0 bridgehead atoms. The zero-order valence-electron chi connectivity index (χ0n) is 10.6. The van der Waals surface area contributed by atoms with Gasteiger partial charge >= 0.3 is 0 Å². The molecule has 18 heavy (non-hydrogen) atoms. The minimum absolute atomic E-state index is 0.153. The summed E-state index contributed by atoms with van der Waals surface area (Å²) in [5.41, 5.74) is 1.44. The summed E-state index contributed by atoms with van der Waals surface area (Å²) in [5.74, 6) is 0. The van der Waals surface area contributed by atoms with E-state index in [9.17, 15) is 3.89 Å². The van der Waals surface area contributed by atoms with Crippen molar-refractivity contribution in [1.29, 1.82) is 0 Å². The maximum atomic E-state index is 12.6. The van der Waals surface area contributed by atoms with Crippen LogP contribution in [0.3, 0.4) is 0 Å². The van der Waals surface area contributed by atoms with Crippen LogP contribution in [-0.2, 0) is 5.41 Å². The van der Waals surface area contributed by atoms with Crippen molar-refractivity contribution in [2.75, 3.05) is 0 Å². The second kappa shape index (κ2) is 5.36. The lowest BCUT2D eigenvalue weighted by Crippen LogP contribution is -2.10. The van der Waals surface area contributed by atoms with Gasteiger partial charge in [0.2, 0.25) is 0 Å². The van der Waals surface area contributed by atoms with E-state index in [1.165, 1.54) is 27.6 Å². The maximum Gasteiger partial charge on any atom is 0.171 e. The molecule has 1 aromatic carbocycles. The molecule has 0 aliphatic heterocycles. The first-order valence-corrected chi connectivity index (χ1v) is 7.09. The van der Waals surface area contributed by atoms with E-state index in [2.05, 4.69) is 50.0 Å². The van der Waals surface area contributed by atoms with Crippen LogP contribution < -0.4 is 0 Å². The first-order valence-electron chi connectivity index (χ1n) is 5.60. The van der Waals surface area contributed by atoms with Gasteiger partial charge in [-0.1, -0.05) is 44.7 Å². The largest absolute Gasteiger partial charge is 0.243 e. The summed E-state index contributed by atoms with van der Waals surface area (Å²) in [6.07, 6.45) is 3.13. The summed E-state index contributed by atoms with van der Waals surface area (Å²) in [6.45, 7) is 6.55. The molecule has 2 rings (SSSR count). The zero-order valence-corrected chi connectivity index (χ0v) is 12.2. The lowest BCUT2D eigenvalue weighted by atomic mass is 9.87. The van der Waals surface area contributed by atoms with Crippen LogP contribution in [0.2, 0.25) is 0 Å². The van der Waals surface area contributed by atoms with E-state index in [4.69, 9.17) is 0 Å². The molecule has 0 amide bonds. The van der Waals surface area contributed by atoms with Gasteiger partial charge in [0, 0.05) is 4.90 Å². The average Bonchev–Trinajstić information content (AvgIpc) is 2.76. The number of rotatable bonds is 3. The quantitative estimate of drug-likeness (QED) is 0.811. The molecule has 0 unspecified atom stereocenters. The number of halogens is 1. The molecule has 0 aliphatic rings. The molecular formula is C13H15FN2S2. The molecule has 0 spiro atoms. The van der Waals surface area contributed by atoms with Crippen molar-refractivity contribution in [1.82, 2.24) is 8.96 Å². The Kier molecular flexibility index (Phi) is 4.02. The fourth-order valence-corrected chi connectivity index (χ4v) is 2.70. The lowest BCUT2D eigenvalue weighted by Gasteiger charge is -2.19. The molecule has 0 saturated carbocycles. The normalized spacial score (nSPS) is 11.8. The number of aromatic nitrogens is 2. The zero-order chi connectivity index (χ0) is 13.2. The molecule has 0 radical (unpaired) electrons. The fourth-order valence-electron chi connectivity index (χ4n) is 1.54. The van der Waals surface area contributed by atoms with Gasteiger partial charge in [-0.05, 0) is 23.1 Å². The van der Waals surface area contributed by atoms with E-state index in [0.717, 1.165) is 9.92 Å². The van der Waals surface area contributed by atoms with Gasteiger partial charge in [-0.2, -0.15) is 0 Å². The average molecular weight is 282 g/mol. The van der Waals surface area contributed by atoms with Gasteiger partial charge in [0.15, 0.2) is 12.3 Å². The van der Waals surface area contributed by atoms with Gasteiger partial charge in [-0.15, -0.1) is 3.89 Å². The summed E-state index contributed by atoms with van der Waals surface area (Å²) in [6, 6.07) is 8.36. The standard InChI is InChI=1S/C13H15FN2S2/c1-13(2,3)10-4-6-11(7-5-10)17-12-8-15-9-16(12)18-14/h4-9H,1-3H3. The molecule has 2 aromatic rings. The molecule has 1 heterocycles. The van der Waals surface area contributed by atoms with Crippen LogP contribution in [0.5, 0.6) is 0 Å². The van der Waals surface area contributed by atoms with E-state index >= 15 is 0 Å². The van der Waals surface area contributed by atoms with Gasteiger partial charge in [-0.25, -0.2) is 8.96 Å². The minimum Gasteiger partial charge on any atom is -0.243 e. The van der Waals surface area contributed by atoms with Crippen LogP contribution in [0.4, 0.5) is 3.89 Å². The van der Waals surface area contributed by atoms with Crippen molar-refractivity contribution in [3.05, 3.63) is 42.4 Å². The molecule has 0 saturated heterocycles. The first kappa shape index (κ1) is 13.5. The number of imidazole rings is 1. The van der Waals surface area contributed by atoms with Crippen LogP contribution in [-0.4, -0.2) is 8.96 Å². The van der Waals surface area contributed by atoms with Crippen molar-refractivity contribution >= 4 is 24.1 Å². The summed E-state index contributed by atoms with van der Waals surface area (Å²) in [5, 5.41) is 0.783. The molecule has 0 aliphatic carbocycles. The van der Waals surface area contributed by atoms with Gasteiger partial charge in [0.1, 0.15) is 11.4 Å². The smallest absolute Gasteiger partial charge is 0.171 e. The summed E-state index contributed by atoms with van der Waals surface area (Å²) in [4.78, 5) is 5.01. The van der Waals surface area contributed by atoms with Crippen molar-refractivity contribution in [2.24, 2.45) is 0 Å². The van der Waals surface area contributed by atoms with E-state index in [1.54, 1.807) is 6.20 Å². The van der Waals surface area contributed by atoms with E-state index in [0.29, 0.717) is 0 Å². The molecule has 0 N–H and O–H groups in total. The predicted octanol–water partition coefficient (Wildman–Crippen LogP) is 4.71. The van der Waals surface area contributed by atoms with E-state index < -0.39 is 0 Å². The molecule has 96 valence electrons. The Hall–Kier alpha value is -0.940. The Balaban J connectivity index is 2.16. The fraction of sp³-hybridized carbons (Fsp3) is 0.308. The number of hydrogen-bond acceptors (Lipinski definition) is 3. The van der Waals surface area contributed by atoms with Crippen LogP contribution in [0, 0.1) is 0 Å². The Morgan fingerprint density at radius 3 is 2.39 bits per heavy atom. The SMILES string of the molecule is CC(C)(C)c1ccc(Sc2cncn2SF)cc1. The Morgan fingerprint density at radius 1 is 1.17 bits per heavy atom. The summed E-state index contributed by atoms with van der Waals surface area (Å²) in [7, 11) is 0. The van der Waals surface area contributed by atoms with Gasteiger partial charge in [-0.3, -0.25) is 0 Å². The Bertz CT molecular complexity index is 515. The molecular weight excluding hydrogens is 267 g/mol. The molecule has 5 heteroatoms. The van der Waals surface area contributed by atoms with Crippen molar-refractivity contribution in [2.45, 2.75) is 36.1 Å². The van der Waals surface area contributed by atoms with E-state index in [1.807, 2.05) is 0 Å². The highest BCUT2D eigenvalue weighted by atomic mass is 32.2. The van der Waals surface area contributed by atoms with Crippen molar-refractivity contribution < 1.29 is 3.89 Å². The van der Waals surface area contributed by atoms with Crippen molar-refractivity contribution in [3.63, 3.8) is 0 Å². The third-order valence-corrected chi connectivity index (χ3v) is 4.17. The monoisotopic (exact) mass is 282 g/mol.